The summed E-state index contributed by atoms with van der Waals surface area (Å²) in [6.07, 6.45) is -1.95. The zero-order valence-electron chi connectivity index (χ0n) is 16.9. The fourth-order valence-electron chi connectivity index (χ4n) is 2.89. The topological polar surface area (TPSA) is 95.5 Å². The maximum Gasteiger partial charge on any atom is 0.416 e. The Balaban J connectivity index is 1.69. The number of carboxylic acid groups (broad SMARTS) is 1. The first-order valence-corrected chi connectivity index (χ1v) is 9.53. The maximum absolute atomic E-state index is 12.8. The molecule has 0 aliphatic heterocycles. The van der Waals surface area contributed by atoms with Crippen molar-refractivity contribution in [2.45, 2.75) is 6.18 Å². The van der Waals surface area contributed by atoms with Crippen molar-refractivity contribution in [1.82, 2.24) is 0 Å². The lowest BCUT2D eigenvalue weighted by Crippen LogP contribution is -2.13. The van der Waals surface area contributed by atoms with E-state index < -0.39 is 29.5 Å². The highest BCUT2D eigenvalue weighted by Crippen LogP contribution is 2.30. The van der Waals surface area contributed by atoms with Gasteiger partial charge in [0.25, 0.3) is 5.91 Å². The number of hydrogen-bond donors (Lipinski definition) is 3. The van der Waals surface area contributed by atoms with E-state index in [1.807, 2.05) is 0 Å². The first kappa shape index (κ1) is 23.3. The molecule has 0 saturated carbocycles. The Morgan fingerprint density at radius 1 is 0.848 bits per heavy atom. The van der Waals surface area contributed by atoms with Crippen LogP contribution >= 0.6 is 0 Å². The summed E-state index contributed by atoms with van der Waals surface area (Å²) < 4.78 is 38.5. The van der Waals surface area contributed by atoms with Gasteiger partial charge in [0.2, 0.25) is 5.91 Å². The molecule has 3 aromatic rings. The van der Waals surface area contributed by atoms with Gasteiger partial charge >= 0.3 is 12.1 Å². The van der Waals surface area contributed by atoms with E-state index in [9.17, 15) is 27.6 Å². The molecule has 3 N–H and O–H groups in total. The zero-order valence-corrected chi connectivity index (χ0v) is 16.9. The van der Waals surface area contributed by atoms with Crippen molar-refractivity contribution in [3.8, 4) is 0 Å². The monoisotopic (exact) mass is 454 g/mol. The number of amides is 2. The van der Waals surface area contributed by atoms with Crippen LogP contribution in [0.15, 0.2) is 78.9 Å². The number of hydrogen-bond acceptors (Lipinski definition) is 3. The van der Waals surface area contributed by atoms with Crippen molar-refractivity contribution in [2.75, 3.05) is 10.6 Å². The van der Waals surface area contributed by atoms with E-state index in [-0.39, 0.29) is 22.5 Å². The quantitative estimate of drug-likeness (QED) is 0.440. The summed E-state index contributed by atoms with van der Waals surface area (Å²) in [6, 6.07) is 16.3. The standard InChI is InChI=1S/C24H17F3N2O4/c25-24(26,27)17-7-4-8-18(14-17)28-22(31)16-6-3-5-15(13-16)11-12-21(30)29-20-10-2-1-9-19(20)23(32)33/h1-14H,(H,28,31)(H,29,30)(H,32,33). The van der Waals surface area contributed by atoms with Crippen molar-refractivity contribution >= 4 is 35.2 Å². The van der Waals surface area contributed by atoms with Crippen LogP contribution in [0.3, 0.4) is 0 Å². The minimum absolute atomic E-state index is 0.00718. The number of carbonyl (C=O) groups is 3. The van der Waals surface area contributed by atoms with Crippen molar-refractivity contribution < 1.29 is 32.7 Å². The second kappa shape index (κ2) is 9.82. The number of nitrogens with one attached hydrogen (secondary N) is 2. The average Bonchev–Trinajstić information content (AvgIpc) is 2.78. The second-order valence-corrected chi connectivity index (χ2v) is 6.83. The molecular formula is C24H17F3N2O4. The van der Waals surface area contributed by atoms with Gasteiger partial charge in [-0.3, -0.25) is 9.59 Å². The Morgan fingerprint density at radius 2 is 1.58 bits per heavy atom. The molecule has 33 heavy (non-hydrogen) atoms. The molecule has 0 fully saturated rings. The molecule has 6 nitrogen and oxygen atoms in total. The van der Waals surface area contributed by atoms with E-state index in [2.05, 4.69) is 10.6 Å². The summed E-state index contributed by atoms with van der Waals surface area (Å²) in [7, 11) is 0. The van der Waals surface area contributed by atoms with E-state index in [1.165, 1.54) is 54.6 Å². The second-order valence-electron chi connectivity index (χ2n) is 6.83. The van der Waals surface area contributed by atoms with Gasteiger partial charge < -0.3 is 15.7 Å². The molecule has 0 aliphatic rings. The van der Waals surface area contributed by atoms with Crippen molar-refractivity contribution in [1.29, 1.82) is 0 Å². The number of anilines is 2. The molecule has 0 aromatic heterocycles. The highest BCUT2D eigenvalue weighted by molar-refractivity contribution is 6.07. The minimum atomic E-state index is -4.53. The summed E-state index contributed by atoms with van der Waals surface area (Å²) in [5.74, 6) is -2.39. The number of rotatable bonds is 6. The van der Waals surface area contributed by atoms with Crippen molar-refractivity contribution in [3.05, 3.63) is 101 Å². The predicted octanol–water partition coefficient (Wildman–Crippen LogP) is 5.31. The summed E-state index contributed by atoms with van der Waals surface area (Å²) in [5, 5.41) is 14.1. The SMILES string of the molecule is O=C(C=Cc1cccc(C(=O)Nc2cccc(C(F)(F)F)c2)c1)Nc1ccccc1C(=O)O. The van der Waals surface area contributed by atoms with Gasteiger partial charge in [-0.25, -0.2) is 4.79 Å². The third-order valence-corrected chi connectivity index (χ3v) is 4.44. The van der Waals surface area contributed by atoms with Crippen LogP contribution < -0.4 is 10.6 Å². The average molecular weight is 454 g/mol. The van der Waals surface area contributed by atoms with Crippen LogP contribution in [0.4, 0.5) is 24.5 Å². The van der Waals surface area contributed by atoms with Crippen molar-refractivity contribution in [3.63, 3.8) is 0 Å². The lowest BCUT2D eigenvalue weighted by Gasteiger charge is -2.10. The fraction of sp³-hybridized carbons (Fsp3) is 0.0417. The van der Waals surface area contributed by atoms with Gasteiger partial charge in [-0.2, -0.15) is 13.2 Å². The fourth-order valence-corrected chi connectivity index (χ4v) is 2.89. The Morgan fingerprint density at radius 3 is 2.30 bits per heavy atom. The van der Waals surface area contributed by atoms with Gasteiger partial charge in [0.15, 0.2) is 0 Å². The molecular weight excluding hydrogens is 437 g/mol. The molecule has 3 rings (SSSR count). The molecule has 0 aliphatic carbocycles. The molecule has 0 saturated heterocycles. The van der Waals surface area contributed by atoms with E-state index in [0.29, 0.717) is 5.56 Å². The number of benzene rings is 3. The predicted molar refractivity (Wildman–Crippen MR) is 117 cm³/mol. The third-order valence-electron chi connectivity index (χ3n) is 4.44. The number of carbonyl (C=O) groups excluding carboxylic acids is 2. The summed E-state index contributed by atoms with van der Waals surface area (Å²) in [4.78, 5) is 35.8. The molecule has 0 radical (unpaired) electrons. The molecule has 0 unspecified atom stereocenters. The molecule has 168 valence electrons. The van der Waals surface area contributed by atoms with Crippen LogP contribution in [0.1, 0.15) is 31.8 Å². The molecule has 3 aromatic carbocycles. The third kappa shape index (κ3) is 6.30. The van der Waals surface area contributed by atoms with E-state index in [0.717, 1.165) is 12.1 Å². The molecule has 9 heteroatoms. The minimum Gasteiger partial charge on any atom is -0.478 e. The Bertz CT molecular complexity index is 1240. The number of carboxylic acids is 1. The zero-order chi connectivity index (χ0) is 24.0. The number of halogens is 3. The normalized spacial score (nSPS) is 11.2. The lowest BCUT2D eigenvalue weighted by atomic mass is 10.1. The van der Waals surface area contributed by atoms with Gasteiger partial charge in [0.1, 0.15) is 0 Å². The molecule has 0 spiro atoms. The molecule has 2 amide bonds. The largest absolute Gasteiger partial charge is 0.478 e. The Labute approximate surface area is 186 Å². The maximum atomic E-state index is 12.8. The van der Waals surface area contributed by atoms with E-state index in [4.69, 9.17) is 5.11 Å². The summed E-state index contributed by atoms with van der Waals surface area (Å²) in [5.41, 5.74) is -0.166. The van der Waals surface area contributed by atoms with Gasteiger partial charge in [0.05, 0.1) is 16.8 Å². The van der Waals surface area contributed by atoms with Crippen LogP contribution in [0, 0.1) is 0 Å². The summed E-state index contributed by atoms with van der Waals surface area (Å²) >= 11 is 0. The lowest BCUT2D eigenvalue weighted by molar-refractivity contribution is -0.137. The first-order chi connectivity index (χ1) is 15.6. The number of aromatic carboxylic acids is 1. The Hall–Kier alpha value is -4.40. The van der Waals surface area contributed by atoms with Crippen LogP contribution in [0.25, 0.3) is 6.08 Å². The van der Waals surface area contributed by atoms with Gasteiger partial charge in [-0.05, 0) is 54.1 Å². The Kier molecular flexibility index (Phi) is 6.92. The number of alkyl halides is 3. The van der Waals surface area contributed by atoms with Gasteiger partial charge in [-0.1, -0.05) is 30.3 Å². The molecule has 0 bridgehead atoms. The summed E-state index contributed by atoms with van der Waals surface area (Å²) in [6.45, 7) is 0. The smallest absolute Gasteiger partial charge is 0.416 e. The van der Waals surface area contributed by atoms with Crippen LogP contribution in [-0.2, 0) is 11.0 Å². The van der Waals surface area contributed by atoms with Gasteiger partial charge in [-0.15, -0.1) is 0 Å². The molecule has 0 heterocycles. The van der Waals surface area contributed by atoms with E-state index in [1.54, 1.807) is 18.2 Å². The first-order valence-electron chi connectivity index (χ1n) is 9.53. The highest BCUT2D eigenvalue weighted by atomic mass is 19.4. The van der Waals surface area contributed by atoms with Gasteiger partial charge in [0, 0.05) is 17.3 Å². The van der Waals surface area contributed by atoms with Crippen LogP contribution in [0.5, 0.6) is 0 Å². The van der Waals surface area contributed by atoms with Crippen LogP contribution in [-0.4, -0.2) is 22.9 Å². The van der Waals surface area contributed by atoms with Crippen molar-refractivity contribution in [2.24, 2.45) is 0 Å². The molecule has 0 atom stereocenters. The highest BCUT2D eigenvalue weighted by Gasteiger charge is 2.30. The van der Waals surface area contributed by atoms with Crippen LogP contribution in [0.2, 0.25) is 0 Å². The number of para-hydroxylation sites is 1. The van der Waals surface area contributed by atoms with E-state index >= 15 is 0 Å².